The molecule has 0 saturated carbocycles. The van der Waals surface area contributed by atoms with Gasteiger partial charge in [-0.25, -0.2) is 0 Å². The number of unbranched alkanes of at least 4 members (excludes halogenated alkanes) is 1. The number of nitrogens with one attached hydrogen (secondary N) is 1. The van der Waals surface area contributed by atoms with Gasteiger partial charge in [0.05, 0.1) is 0 Å². The third kappa shape index (κ3) is 9.64. The van der Waals surface area contributed by atoms with Gasteiger partial charge in [0.1, 0.15) is 0 Å². The Bertz CT molecular complexity index is 154. The summed E-state index contributed by atoms with van der Waals surface area (Å²) < 4.78 is 0. The minimum atomic E-state index is 0.835. The molecule has 0 bridgehead atoms. The van der Waals surface area contributed by atoms with Gasteiger partial charge in [-0.3, -0.25) is 0 Å². The van der Waals surface area contributed by atoms with Crippen molar-refractivity contribution < 1.29 is 0 Å². The summed E-state index contributed by atoms with van der Waals surface area (Å²) in [6.45, 7) is 13.9. The molecule has 0 aliphatic rings. The summed E-state index contributed by atoms with van der Waals surface area (Å²) >= 11 is 0. The van der Waals surface area contributed by atoms with Crippen LogP contribution < -0.4 is 5.32 Å². The van der Waals surface area contributed by atoms with Crippen LogP contribution in [0.4, 0.5) is 0 Å². The lowest BCUT2D eigenvalue weighted by Gasteiger charge is -2.24. The molecule has 0 aliphatic carbocycles. The van der Waals surface area contributed by atoms with Gasteiger partial charge in [-0.1, -0.05) is 60.3 Å². The smallest absolute Gasteiger partial charge is 0.00204 e. The van der Waals surface area contributed by atoms with E-state index in [0.717, 1.165) is 24.3 Å². The fourth-order valence-corrected chi connectivity index (χ4v) is 2.73. The molecule has 0 aromatic carbocycles. The first-order valence-electron chi connectivity index (χ1n) is 7.84. The summed E-state index contributed by atoms with van der Waals surface area (Å²) in [7, 11) is 0. The average molecular weight is 241 g/mol. The molecular formula is C16H35N. The van der Waals surface area contributed by atoms with E-state index in [1.165, 1.54) is 45.1 Å². The van der Waals surface area contributed by atoms with E-state index in [-0.39, 0.29) is 0 Å². The molecule has 0 radical (unpaired) electrons. The number of hydrogen-bond acceptors (Lipinski definition) is 1. The predicted octanol–water partition coefficient (Wildman–Crippen LogP) is 4.86. The Balaban J connectivity index is 4.06. The second-order valence-electron chi connectivity index (χ2n) is 5.96. The van der Waals surface area contributed by atoms with Crippen molar-refractivity contribution in [3.05, 3.63) is 0 Å². The van der Waals surface area contributed by atoms with E-state index in [2.05, 4.69) is 39.9 Å². The molecule has 1 N–H and O–H groups in total. The van der Waals surface area contributed by atoms with Crippen molar-refractivity contribution in [2.75, 3.05) is 13.1 Å². The SMILES string of the molecule is CCCCC(CC)CC(CNCC)CC(C)C. The monoisotopic (exact) mass is 241 g/mol. The summed E-state index contributed by atoms with van der Waals surface area (Å²) in [4.78, 5) is 0. The zero-order valence-electron chi connectivity index (χ0n) is 12.9. The maximum Gasteiger partial charge on any atom is -0.00204 e. The van der Waals surface area contributed by atoms with Crippen molar-refractivity contribution in [1.29, 1.82) is 0 Å². The Morgan fingerprint density at radius 3 is 2.12 bits per heavy atom. The molecular weight excluding hydrogens is 206 g/mol. The second kappa shape index (κ2) is 11.1. The van der Waals surface area contributed by atoms with Crippen LogP contribution >= 0.6 is 0 Å². The van der Waals surface area contributed by atoms with E-state index in [1.807, 2.05) is 0 Å². The van der Waals surface area contributed by atoms with Crippen molar-refractivity contribution in [3.63, 3.8) is 0 Å². The first-order valence-corrected chi connectivity index (χ1v) is 7.84. The topological polar surface area (TPSA) is 12.0 Å². The van der Waals surface area contributed by atoms with Crippen molar-refractivity contribution in [2.24, 2.45) is 17.8 Å². The zero-order chi connectivity index (χ0) is 13.1. The lowest BCUT2D eigenvalue weighted by atomic mass is 9.84. The molecule has 2 unspecified atom stereocenters. The lowest BCUT2D eigenvalue weighted by molar-refractivity contribution is 0.291. The van der Waals surface area contributed by atoms with E-state index in [1.54, 1.807) is 0 Å². The van der Waals surface area contributed by atoms with Crippen LogP contribution in [-0.2, 0) is 0 Å². The zero-order valence-corrected chi connectivity index (χ0v) is 12.9. The van der Waals surface area contributed by atoms with Crippen LogP contribution in [0.5, 0.6) is 0 Å². The van der Waals surface area contributed by atoms with Gasteiger partial charge in [-0.15, -0.1) is 0 Å². The largest absolute Gasteiger partial charge is 0.317 e. The highest BCUT2D eigenvalue weighted by molar-refractivity contribution is 4.69. The average Bonchev–Trinajstić information content (AvgIpc) is 2.30. The Hall–Kier alpha value is -0.0400. The van der Waals surface area contributed by atoms with E-state index < -0.39 is 0 Å². The second-order valence-corrected chi connectivity index (χ2v) is 5.96. The molecule has 2 atom stereocenters. The lowest BCUT2D eigenvalue weighted by Crippen LogP contribution is -2.25. The fraction of sp³-hybridized carbons (Fsp3) is 1.00. The van der Waals surface area contributed by atoms with Crippen molar-refractivity contribution in [3.8, 4) is 0 Å². The summed E-state index contributed by atoms with van der Waals surface area (Å²) in [5.74, 6) is 2.68. The van der Waals surface area contributed by atoms with Gasteiger partial charge in [0.15, 0.2) is 0 Å². The molecule has 0 aromatic rings. The quantitative estimate of drug-likeness (QED) is 0.544. The van der Waals surface area contributed by atoms with E-state index >= 15 is 0 Å². The minimum absolute atomic E-state index is 0.835. The molecule has 0 saturated heterocycles. The van der Waals surface area contributed by atoms with Crippen LogP contribution in [0.3, 0.4) is 0 Å². The third-order valence-corrected chi connectivity index (χ3v) is 3.70. The molecule has 0 aliphatic heterocycles. The molecule has 1 nitrogen and oxygen atoms in total. The van der Waals surface area contributed by atoms with Crippen LogP contribution in [0.1, 0.15) is 73.1 Å². The van der Waals surface area contributed by atoms with Crippen molar-refractivity contribution in [2.45, 2.75) is 73.1 Å². The summed E-state index contributed by atoms with van der Waals surface area (Å²) in [5, 5.41) is 3.54. The molecule has 0 spiro atoms. The maximum absolute atomic E-state index is 3.54. The highest BCUT2D eigenvalue weighted by Gasteiger charge is 2.16. The van der Waals surface area contributed by atoms with E-state index in [4.69, 9.17) is 0 Å². The fourth-order valence-electron chi connectivity index (χ4n) is 2.73. The van der Waals surface area contributed by atoms with Crippen LogP contribution in [0.25, 0.3) is 0 Å². The van der Waals surface area contributed by atoms with Gasteiger partial charge in [-0.05, 0) is 43.7 Å². The summed E-state index contributed by atoms with van der Waals surface area (Å²) in [6.07, 6.45) is 8.37. The van der Waals surface area contributed by atoms with Crippen LogP contribution in [0.2, 0.25) is 0 Å². The van der Waals surface area contributed by atoms with E-state index in [9.17, 15) is 0 Å². The number of hydrogen-bond donors (Lipinski definition) is 1. The standard InChI is InChI=1S/C16H35N/c1-6-9-10-15(7-2)12-16(11-14(4)5)13-17-8-3/h14-17H,6-13H2,1-5H3. The molecule has 1 heteroatoms. The Morgan fingerprint density at radius 1 is 0.941 bits per heavy atom. The van der Waals surface area contributed by atoms with Gasteiger partial charge < -0.3 is 5.32 Å². The Kier molecular flexibility index (Phi) is 11.0. The van der Waals surface area contributed by atoms with Gasteiger partial charge >= 0.3 is 0 Å². The third-order valence-electron chi connectivity index (χ3n) is 3.70. The molecule has 17 heavy (non-hydrogen) atoms. The van der Waals surface area contributed by atoms with Gasteiger partial charge in [-0.2, -0.15) is 0 Å². The molecule has 104 valence electrons. The van der Waals surface area contributed by atoms with Gasteiger partial charge in [0.2, 0.25) is 0 Å². The minimum Gasteiger partial charge on any atom is -0.317 e. The maximum atomic E-state index is 3.54. The highest BCUT2D eigenvalue weighted by Crippen LogP contribution is 2.25. The Labute approximate surface area is 110 Å². The first-order chi connectivity index (χ1) is 8.13. The number of rotatable bonds is 11. The van der Waals surface area contributed by atoms with Gasteiger partial charge in [0.25, 0.3) is 0 Å². The molecule has 0 aromatic heterocycles. The summed E-state index contributed by atoms with van der Waals surface area (Å²) in [6, 6.07) is 0. The summed E-state index contributed by atoms with van der Waals surface area (Å²) in [5.41, 5.74) is 0. The normalized spacial score (nSPS) is 15.2. The van der Waals surface area contributed by atoms with Crippen molar-refractivity contribution >= 4 is 0 Å². The predicted molar refractivity (Wildman–Crippen MR) is 79.4 cm³/mol. The van der Waals surface area contributed by atoms with E-state index in [0.29, 0.717) is 0 Å². The van der Waals surface area contributed by atoms with Crippen LogP contribution in [0, 0.1) is 17.8 Å². The van der Waals surface area contributed by atoms with Crippen molar-refractivity contribution in [1.82, 2.24) is 5.32 Å². The van der Waals surface area contributed by atoms with Crippen LogP contribution in [0.15, 0.2) is 0 Å². The highest BCUT2D eigenvalue weighted by atomic mass is 14.8. The molecule has 0 rings (SSSR count). The van der Waals surface area contributed by atoms with Gasteiger partial charge in [0, 0.05) is 0 Å². The van der Waals surface area contributed by atoms with Crippen LogP contribution in [-0.4, -0.2) is 13.1 Å². The first kappa shape index (κ1) is 17.0. The molecule has 0 fully saturated rings. The molecule has 0 amide bonds. The molecule has 0 heterocycles. The Morgan fingerprint density at radius 2 is 1.65 bits per heavy atom.